The Bertz CT molecular complexity index is 568. The van der Waals surface area contributed by atoms with Crippen LogP contribution in [0.3, 0.4) is 0 Å². The molecule has 0 radical (unpaired) electrons. The molecule has 6 heteroatoms. The SMILES string of the molecule is Cc1nc(NC2C3CCC(C3)C2C(=O)O)cc(=O)[nH]1. The maximum Gasteiger partial charge on any atom is 0.308 e. The molecular weight excluding hydrogens is 246 g/mol. The Kier molecular flexibility index (Phi) is 2.80. The molecule has 4 unspecified atom stereocenters. The van der Waals surface area contributed by atoms with E-state index in [0.29, 0.717) is 17.6 Å². The van der Waals surface area contributed by atoms with Gasteiger partial charge in [0.1, 0.15) is 11.6 Å². The highest BCUT2D eigenvalue weighted by Crippen LogP contribution is 2.49. The highest BCUT2D eigenvalue weighted by Gasteiger charge is 2.51. The lowest BCUT2D eigenvalue weighted by Gasteiger charge is -2.29. The maximum atomic E-state index is 11.4. The van der Waals surface area contributed by atoms with Crippen molar-refractivity contribution < 1.29 is 9.90 Å². The van der Waals surface area contributed by atoms with Gasteiger partial charge in [0.2, 0.25) is 0 Å². The van der Waals surface area contributed by atoms with Crippen molar-refractivity contribution in [1.82, 2.24) is 9.97 Å². The van der Waals surface area contributed by atoms with Gasteiger partial charge in [0.05, 0.1) is 5.92 Å². The third kappa shape index (κ3) is 2.11. The van der Waals surface area contributed by atoms with Crippen LogP contribution in [0, 0.1) is 24.7 Å². The molecule has 2 saturated carbocycles. The first kappa shape index (κ1) is 12.2. The number of aromatic amines is 1. The summed E-state index contributed by atoms with van der Waals surface area (Å²) in [6.45, 7) is 1.71. The van der Waals surface area contributed by atoms with Crippen LogP contribution in [0.5, 0.6) is 0 Å². The van der Waals surface area contributed by atoms with E-state index in [1.165, 1.54) is 6.07 Å². The van der Waals surface area contributed by atoms with Crippen LogP contribution in [0.25, 0.3) is 0 Å². The summed E-state index contributed by atoms with van der Waals surface area (Å²) in [5.74, 6) is 0.553. The van der Waals surface area contributed by atoms with Gasteiger partial charge < -0.3 is 15.4 Å². The molecule has 0 aliphatic heterocycles. The van der Waals surface area contributed by atoms with E-state index in [1.54, 1.807) is 6.92 Å². The Labute approximate surface area is 110 Å². The summed E-state index contributed by atoms with van der Waals surface area (Å²) in [6.07, 6.45) is 3.03. The Hall–Kier alpha value is -1.85. The molecule has 0 spiro atoms. The number of carboxylic acid groups (broad SMARTS) is 1. The van der Waals surface area contributed by atoms with Crippen LogP contribution in [0.4, 0.5) is 5.82 Å². The quantitative estimate of drug-likeness (QED) is 0.756. The zero-order valence-corrected chi connectivity index (χ0v) is 10.7. The summed E-state index contributed by atoms with van der Waals surface area (Å²) < 4.78 is 0. The topological polar surface area (TPSA) is 95.1 Å². The van der Waals surface area contributed by atoms with Crippen LogP contribution in [-0.2, 0) is 4.79 Å². The second kappa shape index (κ2) is 4.36. The van der Waals surface area contributed by atoms with E-state index in [-0.39, 0.29) is 23.4 Å². The predicted molar refractivity (Wildman–Crippen MR) is 69.0 cm³/mol. The highest BCUT2D eigenvalue weighted by atomic mass is 16.4. The lowest BCUT2D eigenvalue weighted by Crippen LogP contribution is -2.39. The molecule has 3 N–H and O–H groups in total. The number of H-pyrrole nitrogens is 1. The number of rotatable bonds is 3. The second-order valence-electron chi connectivity index (χ2n) is 5.58. The fourth-order valence-electron chi connectivity index (χ4n) is 3.68. The van der Waals surface area contributed by atoms with Crippen molar-refractivity contribution in [3.63, 3.8) is 0 Å². The molecule has 4 atom stereocenters. The largest absolute Gasteiger partial charge is 0.481 e. The average Bonchev–Trinajstić information content (AvgIpc) is 2.87. The van der Waals surface area contributed by atoms with Gasteiger partial charge in [-0.15, -0.1) is 0 Å². The number of fused-ring (bicyclic) bond motifs is 2. The van der Waals surface area contributed by atoms with Crippen LogP contribution in [-0.4, -0.2) is 27.1 Å². The first-order valence-electron chi connectivity index (χ1n) is 6.62. The number of carboxylic acids is 1. The van der Waals surface area contributed by atoms with Crippen molar-refractivity contribution >= 4 is 11.8 Å². The number of nitrogens with one attached hydrogen (secondary N) is 2. The monoisotopic (exact) mass is 263 g/mol. The Morgan fingerprint density at radius 3 is 2.89 bits per heavy atom. The van der Waals surface area contributed by atoms with Gasteiger partial charge in [-0.25, -0.2) is 4.98 Å². The van der Waals surface area contributed by atoms with Gasteiger partial charge in [0, 0.05) is 12.1 Å². The first-order valence-corrected chi connectivity index (χ1v) is 6.62. The van der Waals surface area contributed by atoms with Crippen molar-refractivity contribution in [3.8, 4) is 0 Å². The molecule has 2 bridgehead atoms. The smallest absolute Gasteiger partial charge is 0.308 e. The zero-order valence-electron chi connectivity index (χ0n) is 10.7. The molecule has 1 aromatic rings. The summed E-state index contributed by atoms with van der Waals surface area (Å²) in [5, 5.41) is 12.5. The summed E-state index contributed by atoms with van der Waals surface area (Å²) in [4.78, 5) is 29.6. The van der Waals surface area contributed by atoms with Gasteiger partial charge >= 0.3 is 5.97 Å². The van der Waals surface area contributed by atoms with E-state index in [4.69, 9.17) is 0 Å². The number of hydrogen-bond acceptors (Lipinski definition) is 4. The summed E-state index contributed by atoms with van der Waals surface area (Å²) >= 11 is 0. The van der Waals surface area contributed by atoms with Gasteiger partial charge in [-0.3, -0.25) is 9.59 Å². The fourth-order valence-corrected chi connectivity index (χ4v) is 3.68. The van der Waals surface area contributed by atoms with E-state index >= 15 is 0 Å². The Morgan fingerprint density at radius 2 is 2.21 bits per heavy atom. The molecule has 1 heterocycles. The number of nitrogens with zero attached hydrogens (tertiary/aromatic N) is 1. The highest BCUT2D eigenvalue weighted by molar-refractivity contribution is 5.73. The van der Waals surface area contributed by atoms with E-state index in [0.717, 1.165) is 19.3 Å². The van der Waals surface area contributed by atoms with Crippen molar-refractivity contribution in [2.75, 3.05) is 5.32 Å². The minimum absolute atomic E-state index is 0.107. The minimum Gasteiger partial charge on any atom is -0.481 e. The molecule has 3 rings (SSSR count). The summed E-state index contributed by atoms with van der Waals surface area (Å²) in [6, 6.07) is 1.28. The van der Waals surface area contributed by atoms with Gasteiger partial charge in [-0.1, -0.05) is 0 Å². The Balaban J connectivity index is 1.85. The number of aromatic nitrogens is 2. The number of carbonyl (C=O) groups is 1. The molecule has 1 aromatic heterocycles. The maximum absolute atomic E-state index is 11.4. The van der Waals surface area contributed by atoms with Crippen LogP contribution in [0.2, 0.25) is 0 Å². The summed E-state index contributed by atoms with van der Waals surface area (Å²) in [5.41, 5.74) is -0.218. The van der Waals surface area contributed by atoms with Crippen LogP contribution >= 0.6 is 0 Å². The molecule has 2 aliphatic carbocycles. The minimum atomic E-state index is -0.744. The second-order valence-corrected chi connectivity index (χ2v) is 5.58. The van der Waals surface area contributed by atoms with Crippen molar-refractivity contribution in [1.29, 1.82) is 0 Å². The normalized spacial score (nSPS) is 32.5. The predicted octanol–water partition coefficient (Wildman–Crippen LogP) is 0.990. The molecule has 0 amide bonds. The van der Waals surface area contributed by atoms with Gasteiger partial charge in [0.25, 0.3) is 5.56 Å². The molecule has 102 valence electrons. The molecule has 0 aromatic carbocycles. The summed E-state index contributed by atoms with van der Waals surface area (Å²) in [7, 11) is 0. The molecule has 19 heavy (non-hydrogen) atoms. The van der Waals surface area contributed by atoms with E-state index in [9.17, 15) is 14.7 Å². The van der Waals surface area contributed by atoms with Gasteiger partial charge in [-0.05, 0) is 38.0 Å². The first-order chi connectivity index (χ1) is 9.04. The molecular formula is C13H17N3O3. The Morgan fingerprint density at radius 1 is 1.47 bits per heavy atom. The molecule has 2 aliphatic rings. The average molecular weight is 263 g/mol. The van der Waals surface area contributed by atoms with Crippen molar-refractivity contribution in [2.45, 2.75) is 32.2 Å². The fraction of sp³-hybridized carbons (Fsp3) is 0.615. The zero-order chi connectivity index (χ0) is 13.6. The van der Waals surface area contributed by atoms with Crippen molar-refractivity contribution in [2.24, 2.45) is 17.8 Å². The third-order valence-corrected chi connectivity index (χ3v) is 4.38. The lowest BCUT2D eigenvalue weighted by molar-refractivity contribution is -0.143. The van der Waals surface area contributed by atoms with E-state index < -0.39 is 5.97 Å². The van der Waals surface area contributed by atoms with E-state index in [2.05, 4.69) is 15.3 Å². The number of hydrogen-bond donors (Lipinski definition) is 3. The molecule has 0 saturated heterocycles. The van der Waals surface area contributed by atoms with Crippen LogP contribution in [0.1, 0.15) is 25.1 Å². The van der Waals surface area contributed by atoms with E-state index in [1.807, 2.05) is 0 Å². The molecule has 6 nitrogen and oxygen atoms in total. The van der Waals surface area contributed by atoms with Gasteiger partial charge in [-0.2, -0.15) is 0 Å². The van der Waals surface area contributed by atoms with Crippen molar-refractivity contribution in [3.05, 3.63) is 22.2 Å². The number of aliphatic carboxylic acids is 1. The third-order valence-electron chi connectivity index (χ3n) is 4.38. The standard InChI is InChI=1S/C13H17N3O3/c1-6-14-9(5-10(17)15-6)16-12-8-3-2-7(4-8)11(12)13(18)19/h5,7-8,11-12H,2-4H2,1H3,(H,18,19)(H2,14,15,16,17). The lowest BCUT2D eigenvalue weighted by atomic mass is 9.84. The molecule has 2 fully saturated rings. The number of anilines is 1. The van der Waals surface area contributed by atoms with Gasteiger partial charge in [0.15, 0.2) is 0 Å². The van der Waals surface area contributed by atoms with Crippen LogP contribution < -0.4 is 10.9 Å². The van der Waals surface area contributed by atoms with Crippen LogP contribution in [0.15, 0.2) is 10.9 Å². The number of aryl methyl sites for hydroxylation is 1.